The van der Waals surface area contributed by atoms with Crippen LogP contribution in [0.5, 0.6) is 0 Å². The van der Waals surface area contributed by atoms with Gasteiger partial charge in [-0.25, -0.2) is 13.1 Å². The number of hydrogen-bond acceptors (Lipinski definition) is 3. The Kier molecular flexibility index (Phi) is 3.95. The highest BCUT2D eigenvalue weighted by Gasteiger charge is 2.47. The van der Waals surface area contributed by atoms with Crippen LogP contribution < -0.4 is 10.0 Å². The fourth-order valence-electron chi connectivity index (χ4n) is 2.64. The van der Waals surface area contributed by atoms with Crippen molar-refractivity contribution in [2.75, 3.05) is 5.32 Å². The summed E-state index contributed by atoms with van der Waals surface area (Å²) in [6.45, 7) is 1.35. The van der Waals surface area contributed by atoms with E-state index in [0.29, 0.717) is 0 Å². The molecule has 0 heterocycles. The molecule has 1 aliphatic carbocycles. The van der Waals surface area contributed by atoms with Crippen molar-refractivity contribution < 1.29 is 13.2 Å². The van der Waals surface area contributed by atoms with Crippen molar-refractivity contribution in [3.8, 4) is 0 Å². The zero-order chi connectivity index (χ0) is 16.5. The SMILES string of the molecule is CC(=O)Nc1ccccc1S(=O)(=O)NC1(c2ccccc2)CC1. The van der Waals surface area contributed by atoms with Crippen molar-refractivity contribution in [2.24, 2.45) is 0 Å². The van der Waals surface area contributed by atoms with Gasteiger partial charge in [-0.1, -0.05) is 42.5 Å². The first kappa shape index (κ1) is 15.7. The van der Waals surface area contributed by atoms with E-state index in [4.69, 9.17) is 0 Å². The quantitative estimate of drug-likeness (QED) is 0.885. The highest BCUT2D eigenvalue weighted by Crippen LogP contribution is 2.46. The molecule has 0 radical (unpaired) electrons. The van der Waals surface area contributed by atoms with E-state index in [0.717, 1.165) is 18.4 Å². The van der Waals surface area contributed by atoms with Gasteiger partial charge >= 0.3 is 0 Å². The first-order chi connectivity index (χ1) is 10.9. The molecule has 1 fully saturated rings. The Labute approximate surface area is 135 Å². The van der Waals surface area contributed by atoms with Crippen LogP contribution in [0.2, 0.25) is 0 Å². The fraction of sp³-hybridized carbons (Fsp3) is 0.235. The summed E-state index contributed by atoms with van der Waals surface area (Å²) in [5.41, 5.74) is 0.709. The molecule has 1 aliphatic rings. The minimum absolute atomic E-state index is 0.0809. The van der Waals surface area contributed by atoms with Crippen molar-refractivity contribution in [3.63, 3.8) is 0 Å². The molecule has 2 N–H and O–H groups in total. The molecule has 5 nitrogen and oxygen atoms in total. The van der Waals surface area contributed by atoms with E-state index in [1.165, 1.54) is 13.0 Å². The van der Waals surface area contributed by atoms with Crippen LogP contribution in [0, 0.1) is 0 Å². The average molecular weight is 330 g/mol. The van der Waals surface area contributed by atoms with Gasteiger partial charge in [0, 0.05) is 6.92 Å². The van der Waals surface area contributed by atoms with Crippen molar-refractivity contribution in [2.45, 2.75) is 30.2 Å². The summed E-state index contributed by atoms with van der Waals surface area (Å²) in [6.07, 6.45) is 1.52. The van der Waals surface area contributed by atoms with Gasteiger partial charge in [-0.05, 0) is 30.5 Å². The Balaban J connectivity index is 1.93. The van der Waals surface area contributed by atoms with Gasteiger partial charge in [0.25, 0.3) is 0 Å². The molecule has 6 heteroatoms. The lowest BCUT2D eigenvalue weighted by Gasteiger charge is -2.19. The molecule has 0 spiro atoms. The van der Waals surface area contributed by atoms with Crippen molar-refractivity contribution in [1.82, 2.24) is 4.72 Å². The molecule has 2 aromatic carbocycles. The molecule has 0 aliphatic heterocycles. The van der Waals surface area contributed by atoms with Crippen LogP contribution in [0.1, 0.15) is 25.3 Å². The summed E-state index contributed by atoms with van der Waals surface area (Å²) >= 11 is 0. The predicted molar refractivity (Wildman–Crippen MR) is 88.4 cm³/mol. The molecule has 120 valence electrons. The third kappa shape index (κ3) is 3.28. The van der Waals surface area contributed by atoms with Gasteiger partial charge in [-0.15, -0.1) is 0 Å². The minimum atomic E-state index is -3.74. The number of para-hydroxylation sites is 1. The number of benzene rings is 2. The lowest BCUT2D eigenvalue weighted by molar-refractivity contribution is -0.114. The molecule has 3 rings (SSSR count). The van der Waals surface area contributed by atoms with Gasteiger partial charge in [-0.3, -0.25) is 4.79 Å². The van der Waals surface area contributed by atoms with E-state index in [1.807, 2.05) is 30.3 Å². The second-order valence-electron chi connectivity index (χ2n) is 5.73. The van der Waals surface area contributed by atoms with E-state index in [-0.39, 0.29) is 16.5 Å². The molecule has 1 amide bonds. The maximum absolute atomic E-state index is 12.8. The number of amides is 1. The number of rotatable bonds is 5. The molecule has 23 heavy (non-hydrogen) atoms. The second kappa shape index (κ2) is 5.79. The molecule has 0 saturated heterocycles. The minimum Gasteiger partial charge on any atom is -0.325 e. The van der Waals surface area contributed by atoms with Crippen LogP contribution in [0.15, 0.2) is 59.5 Å². The summed E-state index contributed by atoms with van der Waals surface area (Å²) < 4.78 is 28.4. The molecular formula is C17H18N2O3S. The lowest BCUT2D eigenvalue weighted by atomic mass is 10.1. The van der Waals surface area contributed by atoms with Gasteiger partial charge in [-0.2, -0.15) is 0 Å². The van der Waals surface area contributed by atoms with E-state index in [2.05, 4.69) is 10.0 Å². The van der Waals surface area contributed by atoms with E-state index in [1.54, 1.807) is 18.2 Å². The van der Waals surface area contributed by atoms with E-state index >= 15 is 0 Å². The van der Waals surface area contributed by atoms with Crippen molar-refractivity contribution in [1.29, 1.82) is 0 Å². The van der Waals surface area contributed by atoms with Gasteiger partial charge < -0.3 is 5.32 Å². The Morgan fingerprint density at radius 2 is 1.61 bits per heavy atom. The van der Waals surface area contributed by atoms with E-state index in [9.17, 15) is 13.2 Å². The number of anilines is 1. The first-order valence-corrected chi connectivity index (χ1v) is 8.87. The smallest absolute Gasteiger partial charge is 0.243 e. The molecule has 0 atom stereocenters. The fourth-order valence-corrected chi connectivity index (χ4v) is 4.25. The number of carbonyl (C=O) groups excluding carboxylic acids is 1. The Bertz CT molecular complexity index is 828. The Morgan fingerprint density at radius 1 is 1.00 bits per heavy atom. The normalized spacial score (nSPS) is 15.9. The second-order valence-corrected chi connectivity index (χ2v) is 7.38. The van der Waals surface area contributed by atoms with Gasteiger partial charge in [0.15, 0.2) is 0 Å². The number of hydrogen-bond donors (Lipinski definition) is 2. The summed E-state index contributed by atoms with van der Waals surface area (Å²) in [6, 6.07) is 16.0. The average Bonchev–Trinajstić information content (AvgIpc) is 3.28. The third-order valence-electron chi connectivity index (χ3n) is 3.89. The van der Waals surface area contributed by atoms with E-state index < -0.39 is 15.6 Å². The topological polar surface area (TPSA) is 75.3 Å². The number of sulfonamides is 1. The molecule has 0 unspecified atom stereocenters. The zero-order valence-corrected chi connectivity index (χ0v) is 13.6. The van der Waals surface area contributed by atoms with Crippen LogP contribution in [-0.4, -0.2) is 14.3 Å². The Hall–Kier alpha value is -2.18. The van der Waals surface area contributed by atoms with Gasteiger partial charge in [0.05, 0.1) is 11.2 Å². The van der Waals surface area contributed by atoms with Crippen LogP contribution in [0.25, 0.3) is 0 Å². The van der Waals surface area contributed by atoms with Gasteiger partial charge in [0.2, 0.25) is 15.9 Å². The molecule has 0 aromatic heterocycles. The zero-order valence-electron chi connectivity index (χ0n) is 12.7. The lowest BCUT2D eigenvalue weighted by Crippen LogP contribution is -2.35. The molecule has 0 bridgehead atoms. The highest BCUT2D eigenvalue weighted by atomic mass is 32.2. The standard InChI is InChI=1S/C17H18N2O3S/c1-13(20)18-15-9-5-6-10-16(15)23(21,22)19-17(11-12-17)14-7-3-2-4-8-14/h2-10,19H,11-12H2,1H3,(H,18,20). The maximum Gasteiger partial charge on any atom is 0.243 e. The monoisotopic (exact) mass is 330 g/mol. The number of carbonyl (C=O) groups is 1. The van der Waals surface area contributed by atoms with Crippen LogP contribution in [0.3, 0.4) is 0 Å². The largest absolute Gasteiger partial charge is 0.325 e. The highest BCUT2D eigenvalue weighted by molar-refractivity contribution is 7.89. The van der Waals surface area contributed by atoms with Crippen molar-refractivity contribution >= 4 is 21.6 Å². The number of nitrogens with one attached hydrogen (secondary N) is 2. The molecule has 1 saturated carbocycles. The van der Waals surface area contributed by atoms with Crippen LogP contribution >= 0.6 is 0 Å². The summed E-state index contributed by atoms with van der Waals surface area (Å²) in [5, 5.41) is 2.57. The van der Waals surface area contributed by atoms with Crippen LogP contribution in [0.4, 0.5) is 5.69 Å². The molecular weight excluding hydrogens is 312 g/mol. The summed E-state index contributed by atoms with van der Waals surface area (Å²) in [5.74, 6) is -0.308. The third-order valence-corrected chi connectivity index (χ3v) is 5.49. The first-order valence-electron chi connectivity index (χ1n) is 7.39. The molecule has 2 aromatic rings. The van der Waals surface area contributed by atoms with Crippen molar-refractivity contribution in [3.05, 3.63) is 60.2 Å². The predicted octanol–water partition coefficient (Wildman–Crippen LogP) is 2.61. The summed E-state index contributed by atoms with van der Waals surface area (Å²) in [7, 11) is -3.74. The summed E-state index contributed by atoms with van der Waals surface area (Å²) in [4.78, 5) is 11.4. The van der Waals surface area contributed by atoms with Crippen LogP contribution in [-0.2, 0) is 20.4 Å². The van der Waals surface area contributed by atoms with Gasteiger partial charge in [0.1, 0.15) is 4.90 Å². The maximum atomic E-state index is 12.8. The Morgan fingerprint density at radius 3 is 2.22 bits per heavy atom.